The molecule has 0 spiro atoms. The lowest BCUT2D eigenvalue weighted by Gasteiger charge is -2.36. The molecule has 1 heterocycles. The maximum Gasteiger partial charge on any atom is 0.410 e. The molecule has 0 aromatic heterocycles. The molecule has 1 unspecified atom stereocenters. The largest absolute Gasteiger partial charge is 0.481 e. The van der Waals surface area contributed by atoms with Crippen LogP contribution in [0.2, 0.25) is 0 Å². The number of hydrogen-bond acceptors (Lipinski definition) is 5. The average molecular weight is 391 g/mol. The molecule has 1 atom stereocenters. The molecule has 2 amide bonds. The standard InChI is InChI=1S/C20H29N3O5/c1-20(2,3)28-19(27)23-11-9-22(10-12-23)14-15(18(25)26)13-17(24)21-16-7-5-4-6-8-16/h4-8,15H,9-14H2,1-3H3,(H,21,24)(H,25,26). The van der Waals surface area contributed by atoms with E-state index in [9.17, 15) is 19.5 Å². The third kappa shape index (κ3) is 7.19. The van der Waals surface area contributed by atoms with Gasteiger partial charge in [-0.25, -0.2) is 4.79 Å². The van der Waals surface area contributed by atoms with E-state index in [4.69, 9.17) is 4.74 Å². The van der Waals surface area contributed by atoms with E-state index in [1.54, 1.807) is 29.2 Å². The minimum Gasteiger partial charge on any atom is -0.481 e. The topological polar surface area (TPSA) is 99.2 Å². The molecule has 0 radical (unpaired) electrons. The maximum atomic E-state index is 12.2. The molecule has 8 heteroatoms. The van der Waals surface area contributed by atoms with Crippen molar-refractivity contribution in [1.82, 2.24) is 9.80 Å². The van der Waals surface area contributed by atoms with Gasteiger partial charge in [0.25, 0.3) is 0 Å². The van der Waals surface area contributed by atoms with Gasteiger partial charge in [-0.3, -0.25) is 14.5 Å². The molecule has 154 valence electrons. The van der Waals surface area contributed by atoms with Crippen LogP contribution in [-0.2, 0) is 14.3 Å². The molecule has 1 fully saturated rings. The van der Waals surface area contributed by atoms with Crippen molar-refractivity contribution in [3.05, 3.63) is 30.3 Å². The van der Waals surface area contributed by atoms with Gasteiger partial charge in [0.1, 0.15) is 5.60 Å². The Balaban J connectivity index is 1.82. The zero-order chi connectivity index (χ0) is 20.7. The molecule has 1 aliphatic rings. The van der Waals surface area contributed by atoms with Gasteiger partial charge >= 0.3 is 12.1 Å². The number of ether oxygens (including phenoxy) is 1. The van der Waals surface area contributed by atoms with Crippen molar-refractivity contribution in [2.24, 2.45) is 5.92 Å². The van der Waals surface area contributed by atoms with Crippen molar-refractivity contribution in [3.63, 3.8) is 0 Å². The number of benzene rings is 1. The summed E-state index contributed by atoms with van der Waals surface area (Å²) in [6, 6.07) is 8.95. The fourth-order valence-corrected chi connectivity index (χ4v) is 2.94. The number of rotatable bonds is 6. The van der Waals surface area contributed by atoms with Gasteiger partial charge in [0.2, 0.25) is 5.91 Å². The van der Waals surface area contributed by atoms with Crippen LogP contribution in [0.1, 0.15) is 27.2 Å². The van der Waals surface area contributed by atoms with Crippen LogP contribution >= 0.6 is 0 Å². The smallest absolute Gasteiger partial charge is 0.410 e. The molecule has 2 rings (SSSR count). The van der Waals surface area contributed by atoms with Gasteiger partial charge in [-0.1, -0.05) is 18.2 Å². The molecule has 0 saturated carbocycles. The van der Waals surface area contributed by atoms with E-state index in [0.29, 0.717) is 31.9 Å². The summed E-state index contributed by atoms with van der Waals surface area (Å²) < 4.78 is 5.36. The van der Waals surface area contributed by atoms with Gasteiger partial charge in [0.15, 0.2) is 0 Å². The van der Waals surface area contributed by atoms with Crippen molar-refractivity contribution >= 4 is 23.7 Å². The van der Waals surface area contributed by atoms with Crippen LogP contribution in [0.25, 0.3) is 0 Å². The van der Waals surface area contributed by atoms with Gasteiger partial charge < -0.3 is 20.1 Å². The molecule has 2 N–H and O–H groups in total. The number of carbonyl (C=O) groups is 3. The van der Waals surface area contributed by atoms with Crippen molar-refractivity contribution in [3.8, 4) is 0 Å². The summed E-state index contributed by atoms with van der Waals surface area (Å²) in [7, 11) is 0. The second-order valence-electron chi connectivity index (χ2n) is 7.92. The lowest BCUT2D eigenvalue weighted by Crippen LogP contribution is -2.51. The number of aliphatic carboxylic acids is 1. The molecule has 1 aliphatic heterocycles. The van der Waals surface area contributed by atoms with E-state index in [1.165, 1.54) is 0 Å². The number of anilines is 1. The Morgan fingerprint density at radius 1 is 1.11 bits per heavy atom. The molecule has 1 aromatic carbocycles. The molecule has 1 saturated heterocycles. The molecular formula is C20H29N3O5. The van der Waals surface area contributed by atoms with Crippen LogP contribution < -0.4 is 5.32 Å². The van der Waals surface area contributed by atoms with Crippen LogP contribution in [0, 0.1) is 5.92 Å². The molecular weight excluding hydrogens is 362 g/mol. The van der Waals surface area contributed by atoms with E-state index in [2.05, 4.69) is 5.32 Å². The number of nitrogens with zero attached hydrogens (tertiary/aromatic N) is 2. The first-order valence-electron chi connectivity index (χ1n) is 9.42. The quantitative estimate of drug-likeness (QED) is 0.772. The van der Waals surface area contributed by atoms with E-state index >= 15 is 0 Å². The summed E-state index contributed by atoms with van der Waals surface area (Å²) in [4.78, 5) is 39.5. The zero-order valence-electron chi connectivity index (χ0n) is 16.7. The fourth-order valence-electron chi connectivity index (χ4n) is 2.94. The van der Waals surface area contributed by atoms with E-state index in [0.717, 1.165) is 0 Å². The summed E-state index contributed by atoms with van der Waals surface area (Å²) in [6.07, 6.45) is -0.458. The highest BCUT2D eigenvalue weighted by molar-refractivity contribution is 5.93. The number of carbonyl (C=O) groups excluding carboxylic acids is 2. The Bertz CT molecular complexity index is 679. The first-order valence-corrected chi connectivity index (χ1v) is 9.42. The predicted octanol–water partition coefficient (Wildman–Crippen LogP) is 2.27. The van der Waals surface area contributed by atoms with Crippen LogP contribution in [0.5, 0.6) is 0 Å². The van der Waals surface area contributed by atoms with Gasteiger partial charge in [0, 0.05) is 44.8 Å². The van der Waals surface area contributed by atoms with Crippen LogP contribution in [-0.4, -0.2) is 71.2 Å². The average Bonchev–Trinajstić information content (AvgIpc) is 2.61. The SMILES string of the molecule is CC(C)(C)OC(=O)N1CCN(CC(CC(=O)Nc2ccccc2)C(=O)O)CC1. The van der Waals surface area contributed by atoms with Gasteiger partial charge in [-0.2, -0.15) is 0 Å². The highest BCUT2D eigenvalue weighted by Gasteiger charge is 2.29. The highest BCUT2D eigenvalue weighted by atomic mass is 16.6. The third-order valence-electron chi connectivity index (χ3n) is 4.34. The Morgan fingerprint density at radius 3 is 2.25 bits per heavy atom. The first-order chi connectivity index (χ1) is 13.1. The molecule has 28 heavy (non-hydrogen) atoms. The summed E-state index contributed by atoms with van der Waals surface area (Å²) in [5.41, 5.74) is 0.0944. The van der Waals surface area contributed by atoms with Crippen molar-refractivity contribution < 1.29 is 24.2 Å². The second-order valence-corrected chi connectivity index (χ2v) is 7.92. The molecule has 8 nitrogen and oxygen atoms in total. The number of hydrogen-bond donors (Lipinski definition) is 2. The predicted molar refractivity (Wildman–Crippen MR) is 105 cm³/mol. The fraction of sp³-hybridized carbons (Fsp3) is 0.550. The normalized spacial score (nSPS) is 16.3. The Morgan fingerprint density at radius 2 is 1.71 bits per heavy atom. The second kappa shape index (κ2) is 9.54. The first kappa shape index (κ1) is 21.7. The number of amides is 2. The van der Waals surface area contributed by atoms with Crippen molar-refractivity contribution in [2.45, 2.75) is 32.8 Å². The van der Waals surface area contributed by atoms with Gasteiger partial charge in [0.05, 0.1) is 5.92 Å². The van der Waals surface area contributed by atoms with Crippen LogP contribution in [0.3, 0.4) is 0 Å². The minimum absolute atomic E-state index is 0.101. The van der Waals surface area contributed by atoms with E-state index < -0.39 is 17.5 Å². The van der Waals surface area contributed by atoms with Crippen LogP contribution in [0.15, 0.2) is 30.3 Å². The third-order valence-corrected chi connectivity index (χ3v) is 4.34. The minimum atomic E-state index is -1.00. The van der Waals surface area contributed by atoms with E-state index in [1.807, 2.05) is 31.7 Å². The van der Waals surface area contributed by atoms with Crippen molar-refractivity contribution in [1.29, 1.82) is 0 Å². The Hall–Kier alpha value is -2.61. The Kier molecular flexibility index (Phi) is 7.39. The lowest BCUT2D eigenvalue weighted by atomic mass is 10.0. The number of carboxylic acids is 1. The summed E-state index contributed by atoms with van der Waals surface area (Å²) >= 11 is 0. The number of nitrogens with one attached hydrogen (secondary N) is 1. The highest BCUT2D eigenvalue weighted by Crippen LogP contribution is 2.15. The Labute approximate surface area is 165 Å². The van der Waals surface area contributed by atoms with Crippen LogP contribution in [0.4, 0.5) is 10.5 Å². The summed E-state index contributed by atoms with van der Waals surface area (Å²) in [6.45, 7) is 7.75. The number of para-hydroxylation sites is 1. The van der Waals surface area contributed by atoms with E-state index in [-0.39, 0.29) is 25.0 Å². The van der Waals surface area contributed by atoms with Gasteiger partial charge in [-0.15, -0.1) is 0 Å². The summed E-state index contributed by atoms with van der Waals surface area (Å²) in [5.74, 6) is -2.14. The monoisotopic (exact) mass is 391 g/mol. The lowest BCUT2D eigenvalue weighted by molar-refractivity contribution is -0.144. The zero-order valence-corrected chi connectivity index (χ0v) is 16.7. The molecule has 1 aromatic rings. The molecule has 0 aliphatic carbocycles. The summed E-state index contributed by atoms with van der Waals surface area (Å²) in [5, 5.41) is 12.2. The molecule has 0 bridgehead atoms. The van der Waals surface area contributed by atoms with Crippen molar-refractivity contribution in [2.75, 3.05) is 38.0 Å². The number of piperazine rings is 1. The van der Waals surface area contributed by atoms with Gasteiger partial charge in [-0.05, 0) is 32.9 Å². The maximum absolute atomic E-state index is 12.2. The number of carboxylic acid groups (broad SMARTS) is 1.